The van der Waals surface area contributed by atoms with E-state index in [0.29, 0.717) is 5.69 Å². The van der Waals surface area contributed by atoms with E-state index in [-0.39, 0.29) is 5.25 Å². The van der Waals surface area contributed by atoms with Crippen molar-refractivity contribution < 1.29 is 8.42 Å². The van der Waals surface area contributed by atoms with Crippen LogP contribution in [0.25, 0.3) is 10.2 Å². The summed E-state index contributed by atoms with van der Waals surface area (Å²) in [7, 11) is -3.25. The van der Waals surface area contributed by atoms with Gasteiger partial charge >= 0.3 is 0 Å². The zero-order valence-electron chi connectivity index (χ0n) is 15.5. The average molecular weight is 415 g/mol. The number of aromatic nitrogens is 2. The van der Waals surface area contributed by atoms with Crippen molar-refractivity contribution in [3.8, 4) is 0 Å². The maximum absolute atomic E-state index is 12.2. The SMILES string of the molecule is O=S(=O)(Nc1cnc2c(c1)CCN(Cc1ccc3scnc3c1)CC2)C1CC1. The largest absolute Gasteiger partial charge is 0.298 e. The number of nitrogens with zero attached hydrogens (tertiary/aromatic N) is 3. The van der Waals surface area contributed by atoms with Crippen molar-refractivity contribution in [2.75, 3.05) is 17.8 Å². The van der Waals surface area contributed by atoms with E-state index >= 15 is 0 Å². The van der Waals surface area contributed by atoms with Crippen LogP contribution in [-0.2, 0) is 29.4 Å². The topological polar surface area (TPSA) is 75.2 Å². The van der Waals surface area contributed by atoms with Crippen molar-refractivity contribution in [2.45, 2.75) is 37.5 Å². The van der Waals surface area contributed by atoms with E-state index in [1.165, 1.54) is 10.3 Å². The van der Waals surface area contributed by atoms with Crippen molar-refractivity contribution in [1.29, 1.82) is 0 Å². The van der Waals surface area contributed by atoms with E-state index in [9.17, 15) is 8.42 Å². The fraction of sp³-hybridized carbons (Fsp3) is 0.400. The van der Waals surface area contributed by atoms with Crippen LogP contribution in [-0.4, -0.2) is 41.6 Å². The van der Waals surface area contributed by atoms with Gasteiger partial charge in [-0.3, -0.25) is 14.6 Å². The first-order chi connectivity index (χ1) is 13.6. The highest BCUT2D eigenvalue weighted by molar-refractivity contribution is 7.93. The number of anilines is 1. The maximum atomic E-state index is 12.2. The summed E-state index contributed by atoms with van der Waals surface area (Å²) in [6, 6.07) is 8.47. The summed E-state index contributed by atoms with van der Waals surface area (Å²) in [6.45, 7) is 2.77. The molecule has 1 fully saturated rings. The van der Waals surface area contributed by atoms with Crippen LogP contribution in [0.4, 0.5) is 5.69 Å². The second-order valence-electron chi connectivity index (χ2n) is 7.61. The van der Waals surface area contributed by atoms with Gasteiger partial charge in [0.15, 0.2) is 0 Å². The molecular weight excluding hydrogens is 392 g/mol. The fourth-order valence-electron chi connectivity index (χ4n) is 3.73. The van der Waals surface area contributed by atoms with E-state index in [2.05, 4.69) is 37.8 Å². The minimum atomic E-state index is -3.25. The third-order valence-electron chi connectivity index (χ3n) is 5.45. The Balaban J connectivity index is 1.28. The molecule has 0 saturated heterocycles. The molecule has 1 saturated carbocycles. The number of pyridine rings is 1. The predicted octanol–water partition coefficient (Wildman–Crippen LogP) is 3.20. The van der Waals surface area contributed by atoms with Crippen molar-refractivity contribution in [3.63, 3.8) is 0 Å². The third kappa shape index (κ3) is 3.76. The van der Waals surface area contributed by atoms with Gasteiger partial charge in [-0.2, -0.15) is 0 Å². The summed E-state index contributed by atoms with van der Waals surface area (Å²) in [6.07, 6.45) is 4.93. The van der Waals surface area contributed by atoms with Crippen LogP contribution >= 0.6 is 11.3 Å². The molecule has 5 rings (SSSR count). The van der Waals surface area contributed by atoms with Gasteiger partial charge in [0.2, 0.25) is 10.0 Å². The van der Waals surface area contributed by atoms with Gasteiger partial charge in [0, 0.05) is 31.7 Å². The number of benzene rings is 1. The lowest BCUT2D eigenvalue weighted by Gasteiger charge is -2.19. The highest BCUT2D eigenvalue weighted by Crippen LogP contribution is 2.30. The number of nitrogens with one attached hydrogen (secondary N) is 1. The molecule has 3 heterocycles. The zero-order chi connectivity index (χ0) is 19.1. The maximum Gasteiger partial charge on any atom is 0.235 e. The number of thiazole rings is 1. The second kappa shape index (κ2) is 7.09. The van der Waals surface area contributed by atoms with E-state index in [4.69, 9.17) is 0 Å². The molecule has 0 unspecified atom stereocenters. The minimum Gasteiger partial charge on any atom is -0.298 e. The number of fused-ring (bicyclic) bond motifs is 2. The smallest absolute Gasteiger partial charge is 0.235 e. The lowest BCUT2D eigenvalue weighted by atomic mass is 10.1. The van der Waals surface area contributed by atoms with Gasteiger partial charge < -0.3 is 0 Å². The Kier molecular flexibility index (Phi) is 4.57. The molecule has 3 aromatic rings. The molecule has 1 aromatic carbocycles. The van der Waals surface area contributed by atoms with Crippen molar-refractivity contribution in [3.05, 3.63) is 52.8 Å². The average Bonchev–Trinajstić information content (AvgIpc) is 3.46. The number of hydrogen-bond acceptors (Lipinski definition) is 6. The summed E-state index contributed by atoms with van der Waals surface area (Å²) in [5.74, 6) is 0. The Morgan fingerprint density at radius 1 is 1.14 bits per heavy atom. The van der Waals surface area contributed by atoms with E-state index < -0.39 is 10.0 Å². The lowest BCUT2D eigenvalue weighted by molar-refractivity contribution is 0.279. The Morgan fingerprint density at radius 3 is 2.86 bits per heavy atom. The summed E-state index contributed by atoms with van der Waals surface area (Å²) in [5.41, 5.74) is 7.04. The second-order valence-corrected chi connectivity index (χ2v) is 10.5. The van der Waals surface area contributed by atoms with Crippen LogP contribution in [0.15, 0.2) is 36.0 Å². The van der Waals surface area contributed by atoms with Gasteiger partial charge in [-0.05, 0) is 48.6 Å². The Morgan fingerprint density at radius 2 is 2.00 bits per heavy atom. The fourth-order valence-corrected chi connectivity index (χ4v) is 5.76. The van der Waals surface area contributed by atoms with Gasteiger partial charge in [-0.25, -0.2) is 13.4 Å². The van der Waals surface area contributed by atoms with Crippen LogP contribution in [0.3, 0.4) is 0 Å². The van der Waals surface area contributed by atoms with Gasteiger partial charge in [0.25, 0.3) is 0 Å². The van der Waals surface area contributed by atoms with Gasteiger partial charge in [0.1, 0.15) is 0 Å². The summed E-state index contributed by atoms with van der Waals surface area (Å²) >= 11 is 1.67. The minimum absolute atomic E-state index is 0.225. The predicted molar refractivity (Wildman–Crippen MR) is 112 cm³/mol. The molecular formula is C20H22N4O2S2. The molecule has 0 radical (unpaired) electrons. The van der Waals surface area contributed by atoms with Crippen molar-refractivity contribution >= 4 is 37.3 Å². The lowest BCUT2D eigenvalue weighted by Crippen LogP contribution is -2.25. The molecule has 0 spiro atoms. The summed E-state index contributed by atoms with van der Waals surface area (Å²) in [4.78, 5) is 11.4. The monoisotopic (exact) mass is 414 g/mol. The van der Waals surface area contributed by atoms with Crippen LogP contribution in [0.1, 0.15) is 29.7 Å². The molecule has 8 heteroatoms. The first kappa shape index (κ1) is 18.0. The van der Waals surface area contributed by atoms with E-state index in [0.717, 1.165) is 62.1 Å². The zero-order valence-corrected chi connectivity index (χ0v) is 17.1. The molecule has 0 atom stereocenters. The van der Waals surface area contributed by atoms with Crippen LogP contribution in [0, 0.1) is 0 Å². The molecule has 1 N–H and O–H groups in total. The Hall–Kier alpha value is -2.03. The molecule has 6 nitrogen and oxygen atoms in total. The van der Waals surface area contributed by atoms with Gasteiger partial charge in [-0.1, -0.05) is 6.07 Å². The highest BCUT2D eigenvalue weighted by atomic mass is 32.2. The molecule has 2 aliphatic rings. The third-order valence-corrected chi connectivity index (χ3v) is 8.13. The van der Waals surface area contributed by atoms with Gasteiger partial charge in [0.05, 0.1) is 32.9 Å². The summed E-state index contributed by atoms with van der Waals surface area (Å²) < 4.78 is 28.3. The Bertz CT molecular complexity index is 1120. The van der Waals surface area contributed by atoms with Crippen molar-refractivity contribution in [2.24, 2.45) is 0 Å². The normalized spacial score (nSPS) is 18.0. The molecule has 28 heavy (non-hydrogen) atoms. The summed E-state index contributed by atoms with van der Waals surface area (Å²) in [5, 5.41) is -0.225. The van der Waals surface area contributed by atoms with Crippen LogP contribution in [0.2, 0.25) is 0 Å². The van der Waals surface area contributed by atoms with Gasteiger partial charge in [-0.15, -0.1) is 11.3 Å². The van der Waals surface area contributed by atoms with Crippen molar-refractivity contribution in [1.82, 2.24) is 14.9 Å². The molecule has 146 valence electrons. The first-order valence-corrected chi connectivity index (χ1v) is 12.0. The first-order valence-electron chi connectivity index (χ1n) is 9.61. The molecule has 2 aromatic heterocycles. The molecule has 1 aliphatic heterocycles. The highest BCUT2D eigenvalue weighted by Gasteiger charge is 2.35. The molecule has 0 bridgehead atoms. The molecule has 0 amide bonds. The van der Waals surface area contributed by atoms with E-state index in [1.807, 2.05) is 11.6 Å². The number of rotatable bonds is 5. The van der Waals surface area contributed by atoms with Crippen LogP contribution < -0.4 is 4.72 Å². The quantitative estimate of drug-likeness (QED) is 0.694. The molecule has 1 aliphatic carbocycles. The number of hydrogen-bond donors (Lipinski definition) is 1. The number of sulfonamides is 1. The van der Waals surface area contributed by atoms with Crippen LogP contribution in [0.5, 0.6) is 0 Å². The van der Waals surface area contributed by atoms with E-state index in [1.54, 1.807) is 17.5 Å². The Labute approximate surface area is 168 Å². The standard InChI is InChI=1S/C20H22N4O2S2/c25-28(26,17-2-3-17)23-16-10-15-5-7-24(8-6-18(15)21-11-16)12-14-1-4-20-19(9-14)22-13-27-20/h1,4,9-11,13,17,23H,2-3,5-8,12H2.